The molecule has 8 nitrogen and oxygen atoms in total. The molecule has 1 N–H and O–H groups in total. The minimum atomic E-state index is -0.209. The van der Waals surface area contributed by atoms with E-state index in [2.05, 4.69) is 19.9 Å². The molecule has 1 aliphatic rings. The highest BCUT2D eigenvalue weighted by Gasteiger charge is 2.24. The maximum atomic E-state index is 12.9. The molecule has 1 atom stereocenters. The average molecular weight is 428 g/mol. The summed E-state index contributed by atoms with van der Waals surface area (Å²) in [6.07, 6.45) is 7.44. The van der Waals surface area contributed by atoms with Crippen molar-refractivity contribution >= 4 is 17.2 Å². The van der Waals surface area contributed by atoms with Gasteiger partial charge < -0.3 is 19.4 Å². The summed E-state index contributed by atoms with van der Waals surface area (Å²) in [5.74, 6) is -0.115. The molecule has 1 fully saturated rings. The summed E-state index contributed by atoms with van der Waals surface area (Å²) in [4.78, 5) is 26.1. The first-order valence-electron chi connectivity index (χ1n) is 10.0. The van der Waals surface area contributed by atoms with Crippen molar-refractivity contribution in [2.75, 3.05) is 20.3 Å². The Hall–Kier alpha value is -2.62. The highest BCUT2D eigenvalue weighted by Crippen LogP contribution is 2.31. The number of thiazole rings is 1. The summed E-state index contributed by atoms with van der Waals surface area (Å²) >= 11 is 1.51. The molecule has 1 unspecified atom stereocenters. The Balaban J connectivity index is 1.65. The fourth-order valence-corrected chi connectivity index (χ4v) is 4.35. The van der Waals surface area contributed by atoms with Crippen LogP contribution >= 0.6 is 11.3 Å². The van der Waals surface area contributed by atoms with Crippen LogP contribution in [0.4, 0.5) is 0 Å². The van der Waals surface area contributed by atoms with Crippen molar-refractivity contribution in [2.45, 2.75) is 39.0 Å². The molecule has 3 aromatic rings. The molecule has 0 bridgehead atoms. The summed E-state index contributed by atoms with van der Waals surface area (Å²) in [5.41, 5.74) is 4.02. The number of rotatable bonds is 8. The van der Waals surface area contributed by atoms with E-state index in [0.29, 0.717) is 18.8 Å². The molecule has 0 saturated carbocycles. The highest BCUT2D eigenvalue weighted by molar-refractivity contribution is 7.13. The number of nitrogens with zero attached hydrogens (tertiary/aromatic N) is 4. The summed E-state index contributed by atoms with van der Waals surface area (Å²) in [6.45, 7) is 4.05. The molecule has 158 valence electrons. The van der Waals surface area contributed by atoms with E-state index in [1.54, 1.807) is 25.7 Å². The van der Waals surface area contributed by atoms with Gasteiger partial charge in [0.2, 0.25) is 0 Å². The zero-order valence-corrected chi connectivity index (χ0v) is 17.9. The summed E-state index contributed by atoms with van der Waals surface area (Å²) in [5, 5.41) is 5.78. The quantitative estimate of drug-likeness (QED) is 0.555. The van der Waals surface area contributed by atoms with Crippen molar-refractivity contribution < 1.29 is 14.3 Å². The minimum Gasteiger partial charge on any atom is -0.385 e. The smallest absolute Gasteiger partial charge is 0.255 e. The lowest BCUT2D eigenvalue weighted by Gasteiger charge is -2.13. The number of amides is 1. The van der Waals surface area contributed by atoms with Crippen LogP contribution in [-0.4, -0.2) is 52.0 Å². The van der Waals surface area contributed by atoms with E-state index >= 15 is 0 Å². The largest absolute Gasteiger partial charge is 0.385 e. The Bertz CT molecular complexity index is 995. The fraction of sp³-hybridized carbons (Fsp3) is 0.429. The number of ether oxygens (including phenoxy) is 2. The first-order chi connectivity index (χ1) is 14.7. The predicted molar refractivity (Wildman–Crippen MR) is 114 cm³/mol. The monoisotopic (exact) mass is 427 g/mol. The fourth-order valence-electron chi connectivity index (χ4n) is 3.58. The molecule has 4 heterocycles. The third-order valence-electron chi connectivity index (χ3n) is 5.11. The van der Waals surface area contributed by atoms with Crippen LogP contribution in [0.3, 0.4) is 0 Å². The maximum Gasteiger partial charge on any atom is 0.255 e. The SMILES string of the molecule is COCCCn1c(-c2csc(-c3cnccn3)n2)cc(C(=O)NC2CCCO2)c1C. The van der Waals surface area contributed by atoms with Gasteiger partial charge in [-0.15, -0.1) is 11.3 Å². The Kier molecular flexibility index (Phi) is 6.51. The molecule has 3 aromatic heterocycles. The molecule has 4 rings (SSSR count). The van der Waals surface area contributed by atoms with Crippen LogP contribution in [0.5, 0.6) is 0 Å². The van der Waals surface area contributed by atoms with Gasteiger partial charge in [0.1, 0.15) is 16.9 Å². The molecule has 1 amide bonds. The van der Waals surface area contributed by atoms with Crippen molar-refractivity contribution in [3.8, 4) is 22.1 Å². The second-order valence-corrected chi connectivity index (χ2v) is 7.99. The zero-order valence-electron chi connectivity index (χ0n) is 17.1. The van der Waals surface area contributed by atoms with Crippen LogP contribution in [0.25, 0.3) is 22.1 Å². The zero-order chi connectivity index (χ0) is 20.9. The van der Waals surface area contributed by atoms with Crippen LogP contribution < -0.4 is 5.32 Å². The molecule has 0 aliphatic carbocycles. The molecule has 0 aromatic carbocycles. The average Bonchev–Trinajstić information content (AvgIpc) is 3.50. The first kappa shape index (κ1) is 20.6. The molecule has 1 saturated heterocycles. The lowest BCUT2D eigenvalue weighted by molar-refractivity contribution is 0.0639. The van der Waals surface area contributed by atoms with E-state index in [4.69, 9.17) is 14.5 Å². The second-order valence-electron chi connectivity index (χ2n) is 7.13. The van der Waals surface area contributed by atoms with Crippen LogP contribution in [0.15, 0.2) is 30.0 Å². The summed E-state index contributed by atoms with van der Waals surface area (Å²) in [7, 11) is 1.69. The molecule has 0 spiro atoms. The van der Waals surface area contributed by atoms with Gasteiger partial charge in [0.05, 0.1) is 23.1 Å². The Labute approximate surface area is 179 Å². The van der Waals surface area contributed by atoms with Gasteiger partial charge in [-0.2, -0.15) is 0 Å². The predicted octanol–water partition coefficient (Wildman–Crippen LogP) is 3.28. The highest BCUT2D eigenvalue weighted by atomic mass is 32.1. The van der Waals surface area contributed by atoms with Gasteiger partial charge in [0, 0.05) is 50.3 Å². The molecule has 30 heavy (non-hydrogen) atoms. The number of hydrogen-bond acceptors (Lipinski definition) is 7. The summed E-state index contributed by atoms with van der Waals surface area (Å²) < 4.78 is 12.9. The van der Waals surface area contributed by atoms with Crippen LogP contribution in [-0.2, 0) is 16.0 Å². The minimum absolute atomic E-state index is 0.115. The van der Waals surface area contributed by atoms with Crippen LogP contribution in [0, 0.1) is 6.92 Å². The van der Waals surface area contributed by atoms with Crippen LogP contribution in [0.2, 0.25) is 0 Å². The molecule has 9 heteroatoms. The van der Waals surface area contributed by atoms with Crippen molar-refractivity contribution in [3.63, 3.8) is 0 Å². The van der Waals surface area contributed by atoms with Gasteiger partial charge in [-0.25, -0.2) is 4.98 Å². The van der Waals surface area contributed by atoms with Gasteiger partial charge in [0.25, 0.3) is 5.91 Å². The first-order valence-corrected chi connectivity index (χ1v) is 10.9. The third kappa shape index (κ3) is 4.43. The molecular formula is C21H25N5O3S. The number of hydrogen-bond donors (Lipinski definition) is 1. The van der Waals surface area contributed by atoms with Crippen molar-refractivity contribution in [2.24, 2.45) is 0 Å². The van der Waals surface area contributed by atoms with Crippen molar-refractivity contribution in [1.29, 1.82) is 0 Å². The normalized spacial score (nSPS) is 16.1. The Morgan fingerprint density at radius 2 is 2.30 bits per heavy atom. The molecule has 0 radical (unpaired) electrons. The van der Waals surface area contributed by atoms with Crippen molar-refractivity contribution in [3.05, 3.63) is 41.3 Å². The van der Waals surface area contributed by atoms with Gasteiger partial charge in [-0.05, 0) is 32.3 Å². The second kappa shape index (κ2) is 9.46. The van der Waals surface area contributed by atoms with E-state index in [1.807, 2.05) is 18.4 Å². The van der Waals surface area contributed by atoms with Crippen molar-refractivity contribution in [1.82, 2.24) is 24.8 Å². The van der Waals surface area contributed by atoms with E-state index in [9.17, 15) is 4.79 Å². The van der Waals surface area contributed by atoms with E-state index in [0.717, 1.165) is 53.6 Å². The number of carbonyl (C=O) groups is 1. The third-order valence-corrected chi connectivity index (χ3v) is 5.98. The topological polar surface area (TPSA) is 91.2 Å². The van der Waals surface area contributed by atoms with E-state index in [-0.39, 0.29) is 12.1 Å². The number of methoxy groups -OCH3 is 1. The van der Waals surface area contributed by atoms with Gasteiger partial charge in [-0.1, -0.05) is 0 Å². The standard InChI is InChI=1S/C21H25N5O3S/c1-14-15(20(27)25-19-5-3-10-29-19)11-18(26(14)8-4-9-28-2)17-13-30-21(24-17)16-12-22-6-7-23-16/h6-7,11-13,19H,3-5,8-10H2,1-2H3,(H,25,27). The maximum absolute atomic E-state index is 12.9. The Morgan fingerprint density at radius 1 is 1.40 bits per heavy atom. The van der Waals surface area contributed by atoms with E-state index in [1.165, 1.54) is 11.3 Å². The number of nitrogens with one attached hydrogen (secondary N) is 1. The van der Waals surface area contributed by atoms with Crippen LogP contribution in [0.1, 0.15) is 35.3 Å². The Morgan fingerprint density at radius 3 is 3.03 bits per heavy atom. The van der Waals surface area contributed by atoms with Gasteiger partial charge in [-0.3, -0.25) is 14.8 Å². The van der Waals surface area contributed by atoms with E-state index < -0.39 is 0 Å². The number of aromatic nitrogens is 4. The van der Waals surface area contributed by atoms with Gasteiger partial charge in [0.15, 0.2) is 0 Å². The molecule has 1 aliphatic heterocycles. The lowest BCUT2D eigenvalue weighted by Crippen LogP contribution is -2.34. The number of carbonyl (C=O) groups excluding carboxylic acids is 1. The van der Waals surface area contributed by atoms with Gasteiger partial charge >= 0.3 is 0 Å². The summed E-state index contributed by atoms with van der Waals surface area (Å²) in [6, 6.07) is 1.92. The lowest BCUT2D eigenvalue weighted by atomic mass is 10.2. The molecular weight excluding hydrogens is 402 g/mol.